The number of benzene rings is 3. The lowest BCUT2D eigenvalue weighted by Gasteiger charge is -2.14. The van der Waals surface area contributed by atoms with E-state index in [0.29, 0.717) is 0 Å². The number of halogens is 1. The monoisotopic (exact) mass is 458 g/mol. The summed E-state index contributed by atoms with van der Waals surface area (Å²) >= 11 is 0. The summed E-state index contributed by atoms with van der Waals surface area (Å²) in [5.41, 5.74) is 4.09. The topological polar surface area (TPSA) is 105 Å². The molecule has 0 heterocycles. The minimum Gasteiger partial charge on any atom is -0.478 e. The predicted molar refractivity (Wildman–Crippen MR) is 123 cm³/mol. The SMILES string of the molecule is O=C(C#CCNC(=O)OCC1c2ccccc2-c2ccccc21)Nc1cc(F)cc(C(=O)O)c1. The molecule has 0 radical (unpaired) electrons. The van der Waals surface area contributed by atoms with Crippen molar-refractivity contribution in [3.63, 3.8) is 0 Å². The first-order valence-electron chi connectivity index (χ1n) is 10.3. The fourth-order valence-corrected chi connectivity index (χ4v) is 3.84. The molecule has 3 aromatic rings. The Morgan fingerprint density at radius 2 is 1.62 bits per heavy atom. The van der Waals surface area contributed by atoms with Crippen molar-refractivity contribution in [2.75, 3.05) is 18.5 Å². The van der Waals surface area contributed by atoms with E-state index in [-0.39, 0.29) is 30.3 Å². The highest BCUT2D eigenvalue weighted by atomic mass is 19.1. The number of amides is 2. The van der Waals surface area contributed by atoms with Gasteiger partial charge in [0.2, 0.25) is 0 Å². The highest BCUT2D eigenvalue weighted by molar-refractivity contribution is 6.04. The van der Waals surface area contributed by atoms with Gasteiger partial charge in [-0.25, -0.2) is 14.0 Å². The molecular formula is C26H19FN2O5. The van der Waals surface area contributed by atoms with Crippen molar-refractivity contribution < 1.29 is 28.6 Å². The van der Waals surface area contributed by atoms with Gasteiger partial charge in [-0.2, -0.15) is 0 Å². The van der Waals surface area contributed by atoms with Crippen LogP contribution in [-0.2, 0) is 9.53 Å². The lowest BCUT2D eigenvalue weighted by molar-refractivity contribution is -0.111. The molecule has 34 heavy (non-hydrogen) atoms. The fourth-order valence-electron chi connectivity index (χ4n) is 3.84. The van der Waals surface area contributed by atoms with Crippen LogP contribution in [0.4, 0.5) is 14.9 Å². The first kappa shape index (κ1) is 22.6. The maximum atomic E-state index is 13.5. The van der Waals surface area contributed by atoms with Gasteiger partial charge in [0.1, 0.15) is 12.4 Å². The van der Waals surface area contributed by atoms with Gasteiger partial charge in [0.15, 0.2) is 0 Å². The van der Waals surface area contributed by atoms with Gasteiger partial charge in [-0.15, -0.1) is 0 Å². The maximum Gasteiger partial charge on any atom is 0.407 e. The Bertz CT molecular complexity index is 1300. The number of nitrogens with one attached hydrogen (secondary N) is 2. The Morgan fingerprint density at radius 3 is 2.26 bits per heavy atom. The van der Waals surface area contributed by atoms with Crippen LogP contribution in [0.2, 0.25) is 0 Å². The number of hydrogen-bond acceptors (Lipinski definition) is 4. The number of anilines is 1. The molecule has 0 saturated heterocycles. The quantitative estimate of drug-likeness (QED) is 0.502. The molecule has 8 heteroatoms. The molecule has 7 nitrogen and oxygen atoms in total. The minimum atomic E-state index is -1.33. The molecule has 0 aliphatic heterocycles. The number of rotatable bonds is 5. The van der Waals surface area contributed by atoms with E-state index >= 15 is 0 Å². The fraction of sp³-hybridized carbons (Fsp3) is 0.115. The highest BCUT2D eigenvalue weighted by Gasteiger charge is 2.28. The molecule has 1 aliphatic rings. The first-order chi connectivity index (χ1) is 16.4. The van der Waals surface area contributed by atoms with Gasteiger partial charge in [0.25, 0.3) is 5.91 Å². The summed E-state index contributed by atoms with van der Waals surface area (Å²) in [6, 6.07) is 18.9. The summed E-state index contributed by atoms with van der Waals surface area (Å²) in [6.45, 7) is 0.00682. The lowest BCUT2D eigenvalue weighted by atomic mass is 9.98. The third kappa shape index (κ3) is 5.05. The van der Waals surface area contributed by atoms with Gasteiger partial charge >= 0.3 is 12.1 Å². The normalized spacial score (nSPS) is 11.4. The Kier molecular flexibility index (Phi) is 6.55. The molecule has 0 fully saturated rings. The summed E-state index contributed by atoms with van der Waals surface area (Å²) in [4.78, 5) is 34.9. The van der Waals surface area contributed by atoms with Crippen LogP contribution in [0.3, 0.4) is 0 Å². The second kappa shape index (κ2) is 9.88. The number of carbonyl (C=O) groups excluding carboxylic acids is 2. The molecule has 170 valence electrons. The summed E-state index contributed by atoms with van der Waals surface area (Å²) in [5, 5.41) is 13.7. The molecule has 2 amide bonds. The smallest absolute Gasteiger partial charge is 0.407 e. The molecular weight excluding hydrogens is 439 g/mol. The summed E-state index contributed by atoms with van der Waals surface area (Å²) in [5.74, 6) is 1.72. The number of ether oxygens (including phenoxy) is 1. The number of carboxylic acids is 1. The van der Waals surface area contributed by atoms with E-state index in [1.54, 1.807) is 0 Å². The molecule has 0 atom stereocenters. The van der Waals surface area contributed by atoms with Crippen molar-refractivity contribution in [2.24, 2.45) is 0 Å². The van der Waals surface area contributed by atoms with Crippen LogP contribution in [0.1, 0.15) is 27.4 Å². The molecule has 3 N–H and O–H groups in total. The van der Waals surface area contributed by atoms with Crippen LogP contribution < -0.4 is 10.6 Å². The third-order valence-corrected chi connectivity index (χ3v) is 5.27. The Morgan fingerprint density at radius 1 is 0.971 bits per heavy atom. The molecule has 0 bridgehead atoms. The molecule has 0 aromatic heterocycles. The van der Waals surface area contributed by atoms with Crippen molar-refractivity contribution in [3.8, 4) is 23.0 Å². The van der Waals surface area contributed by atoms with Crippen molar-refractivity contribution in [2.45, 2.75) is 5.92 Å². The summed E-state index contributed by atoms with van der Waals surface area (Å²) < 4.78 is 18.8. The highest BCUT2D eigenvalue weighted by Crippen LogP contribution is 2.44. The Hall–Kier alpha value is -4.64. The number of carbonyl (C=O) groups is 3. The number of aromatic carboxylic acids is 1. The molecule has 0 saturated carbocycles. The molecule has 0 spiro atoms. The average Bonchev–Trinajstić information content (AvgIpc) is 3.14. The standard InChI is InChI=1S/C26H19FN2O5/c27-17-12-16(25(31)32)13-18(14-17)29-24(30)10-5-11-28-26(33)34-15-23-21-8-3-1-6-19(21)20-7-2-4-9-22(20)23/h1-4,6-9,12-14,23H,11,15H2,(H,28,33)(H,29,30)(H,31,32). The van der Waals surface area contributed by atoms with Gasteiger partial charge in [0, 0.05) is 11.6 Å². The van der Waals surface area contributed by atoms with E-state index in [0.717, 1.165) is 40.5 Å². The largest absolute Gasteiger partial charge is 0.478 e. The number of alkyl carbamates (subject to hydrolysis) is 1. The van der Waals surface area contributed by atoms with E-state index in [9.17, 15) is 18.8 Å². The van der Waals surface area contributed by atoms with Crippen LogP contribution in [0.15, 0.2) is 66.7 Å². The number of carboxylic acid groups (broad SMARTS) is 1. The molecule has 3 aromatic carbocycles. The van der Waals surface area contributed by atoms with Crippen LogP contribution in [0, 0.1) is 17.7 Å². The second-order valence-electron chi connectivity index (χ2n) is 7.47. The Labute approximate surface area is 194 Å². The zero-order valence-electron chi connectivity index (χ0n) is 17.8. The predicted octanol–water partition coefficient (Wildman–Crippen LogP) is 4.00. The summed E-state index contributed by atoms with van der Waals surface area (Å²) in [6.07, 6.45) is -0.673. The van der Waals surface area contributed by atoms with Crippen LogP contribution in [0.25, 0.3) is 11.1 Å². The van der Waals surface area contributed by atoms with Crippen molar-refractivity contribution >= 4 is 23.7 Å². The third-order valence-electron chi connectivity index (χ3n) is 5.27. The van der Waals surface area contributed by atoms with Gasteiger partial charge in [-0.05, 0) is 46.4 Å². The second-order valence-corrected chi connectivity index (χ2v) is 7.47. The zero-order chi connectivity index (χ0) is 24.1. The van der Waals surface area contributed by atoms with E-state index in [1.165, 1.54) is 0 Å². The Balaban J connectivity index is 1.28. The van der Waals surface area contributed by atoms with Crippen LogP contribution >= 0.6 is 0 Å². The maximum absolute atomic E-state index is 13.5. The van der Waals surface area contributed by atoms with Gasteiger partial charge in [0.05, 0.1) is 12.1 Å². The van der Waals surface area contributed by atoms with Gasteiger partial charge in [-0.3, -0.25) is 4.79 Å². The molecule has 0 unspecified atom stereocenters. The zero-order valence-corrected chi connectivity index (χ0v) is 17.8. The van der Waals surface area contributed by atoms with E-state index in [2.05, 4.69) is 22.5 Å². The van der Waals surface area contributed by atoms with E-state index in [1.807, 2.05) is 48.5 Å². The first-order valence-corrected chi connectivity index (χ1v) is 10.3. The van der Waals surface area contributed by atoms with Crippen LogP contribution in [-0.4, -0.2) is 36.2 Å². The molecule has 1 aliphatic carbocycles. The van der Waals surface area contributed by atoms with Crippen molar-refractivity contribution in [1.29, 1.82) is 0 Å². The lowest BCUT2D eigenvalue weighted by Crippen LogP contribution is -2.26. The van der Waals surface area contributed by atoms with E-state index in [4.69, 9.17) is 9.84 Å². The van der Waals surface area contributed by atoms with E-state index < -0.39 is 23.8 Å². The number of hydrogen-bond donors (Lipinski definition) is 3. The number of fused-ring (bicyclic) bond motifs is 3. The van der Waals surface area contributed by atoms with Crippen molar-refractivity contribution in [3.05, 3.63) is 89.2 Å². The van der Waals surface area contributed by atoms with Gasteiger partial charge < -0.3 is 20.5 Å². The van der Waals surface area contributed by atoms with Gasteiger partial charge in [-0.1, -0.05) is 54.5 Å². The van der Waals surface area contributed by atoms with Crippen LogP contribution in [0.5, 0.6) is 0 Å². The molecule has 4 rings (SSSR count). The summed E-state index contributed by atoms with van der Waals surface area (Å²) in [7, 11) is 0. The average molecular weight is 458 g/mol. The van der Waals surface area contributed by atoms with Crippen molar-refractivity contribution in [1.82, 2.24) is 5.32 Å². The minimum absolute atomic E-state index is 0.0406.